The van der Waals surface area contributed by atoms with E-state index in [1.54, 1.807) is 39.8 Å². The smallest absolute Gasteiger partial charge is 0.305 e. The highest BCUT2D eigenvalue weighted by molar-refractivity contribution is 6.34. The van der Waals surface area contributed by atoms with E-state index in [9.17, 15) is 14.4 Å². The molecule has 7 heteroatoms. The standard InChI is InChI=1S/C17H23ClN2O4/c1-10(2)16(23)19-12-5-6-14(18)13(9-12)17(24)20(11(3)4)8-7-15(21)22/h5-6,9-11H,7-8H2,1-4H3,(H,19,23)(H,21,22). The second kappa shape index (κ2) is 8.68. The molecule has 2 N–H and O–H groups in total. The van der Waals surface area contributed by atoms with Gasteiger partial charge >= 0.3 is 5.97 Å². The predicted octanol–water partition coefficient (Wildman–Crippen LogP) is 3.26. The maximum atomic E-state index is 12.7. The number of anilines is 1. The van der Waals surface area contributed by atoms with Crippen LogP contribution in [0.25, 0.3) is 0 Å². The van der Waals surface area contributed by atoms with Crippen molar-refractivity contribution in [1.82, 2.24) is 4.90 Å². The van der Waals surface area contributed by atoms with Crippen LogP contribution in [-0.2, 0) is 9.59 Å². The van der Waals surface area contributed by atoms with E-state index in [1.165, 1.54) is 11.0 Å². The zero-order valence-corrected chi connectivity index (χ0v) is 15.1. The summed E-state index contributed by atoms with van der Waals surface area (Å²) in [6.45, 7) is 7.23. The molecule has 2 amide bonds. The number of carboxylic acids is 1. The van der Waals surface area contributed by atoms with Crippen LogP contribution in [-0.4, -0.2) is 40.4 Å². The van der Waals surface area contributed by atoms with E-state index in [1.807, 2.05) is 0 Å². The van der Waals surface area contributed by atoms with Crippen LogP contribution in [0, 0.1) is 5.92 Å². The molecule has 24 heavy (non-hydrogen) atoms. The maximum Gasteiger partial charge on any atom is 0.305 e. The molecule has 0 heterocycles. The fraction of sp³-hybridized carbons (Fsp3) is 0.471. The average Bonchev–Trinajstić information content (AvgIpc) is 2.48. The zero-order valence-electron chi connectivity index (χ0n) is 14.3. The minimum atomic E-state index is -0.975. The molecule has 0 aromatic heterocycles. The topological polar surface area (TPSA) is 86.7 Å². The number of benzene rings is 1. The number of nitrogens with zero attached hydrogens (tertiary/aromatic N) is 1. The fourth-order valence-corrected chi connectivity index (χ4v) is 2.22. The van der Waals surface area contributed by atoms with Crippen molar-refractivity contribution in [2.24, 2.45) is 5.92 Å². The third kappa shape index (κ3) is 5.53. The van der Waals surface area contributed by atoms with E-state index in [4.69, 9.17) is 16.7 Å². The van der Waals surface area contributed by atoms with Gasteiger partial charge in [-0.05, 0) is 32.0 Å². The quantitative estimate of drug-likeness (QED) is 0.786. The molecule has 0 atom stereocenters. The highest BCUT2D eigenvalue weighted by Gasteiger charge is 2.22. The third-order valence-corrected chi connectivity index (χ3v) is 3.77. The number of rotatable bonds is 7. The minimum Gasteiger partial charge on any atom is -0.481 e. The summed E-state index contributed by atoms with van der Waals surface area (Å²) in [5, 5.41) is 11.8. The minimum absolute atomic E-state index is 0.0880. The Morgan fingerprint density at radius 2 is 1.83 bits per heavy atom. The molecule has 1 aromatic rings. The summed E-state index contributed by atoms with van der Waals surface area (Å²) in [4.78, 5) is 36.7. The molecule has 0 radical (unpaired) electrons. The van der Waals surface area contributed by atoms with Crippen LogP contribution in [0.5, 0.6) is 0 Å². The molecule has 0 fully saturated rings. The van der Waals surface area contributed by atoms with Crippen LogP contribution >= 0.6 is 11.6 Å². The van der Waals surface area contributed by atoms with E-state index in [2.05, 4.69) is 5.32 Å². The Balaban J connectivity index is 3.06. The van der Waals surface area contributed by atoms with E-state index in [0.29, 0.717) is 5.69 Å². The molecular formula is C17H23ClN2O4. The molecule has 0 aliphatic rings. The first kappa shape index (κ1) is 20.0. The molecule has 0 spiro atoms. The average molecular weight is 355 g/mol. The first-order valence-corrected chi connectivity index (χ1v) is 8.14. The number of nitrogens with one attached hydrogen (secondary N) is 1. The number of amides is 2. The second-order valence-electron chi connectivity index (χ2n) is 6.07. The highest BCUT2D eigenvalue weighted by atomic mass is 35.5. The van der Waals surface area contributed by atoms with Crippen LogP contribution in [0.2, 0.25) is 5.02 Å². The molecule has 0 saturated carbocycles. The first-order chi connectivity index (χ1) is 11.1. The summed E-state index contributed by atoms with van der Waals surface area (Å²) >= 11 is 6.13. The SMILES string of the molecule is CC(C)C(=O)Nc1ccc(Cl)c(C(=O)N(CCC(=O)O)C(C)C)c1. The van der Waals surface area contributed by atoms with Crippen molar-refractivity contribution in [3.8, 4) is 0 Å². The van der Waals surface area contributed by atoms with E-state index in [0.717, 1.165) is 0 Å². The lowest BCUT2D eigenvalue weighted by Gasteiger charge is -2.27. The van der Waals surface area contributed by atoms with Gasteiger partial charge in [-0.2, -0.15) is 0 Å². The Morgan fingerprint density at radius 3 is 2.33 bits per heavy atom. The Hall–Kier alpha value is -2.08. The molecule has 0 aliphatic carbocycles. The lowest BCUT2D eigenvalue weighted by atomic mass is 10.1. The van der Waals surface area contributed by atoms with E-state index >= 15 is 0 Å². The largest absolute Gasteiger partial charge is 0.481 e. The van der Waals surface area contributed by atoms with Gasteiger partial charge in [-0.3, -0.25) is 14.4 Å². The van der Waals surface area contributed by atoms with Gasteiger partial charge in [-0.1, -0.05) is 25.4 Å². The first-order valence-electron chi connectivity index (χ1n) is 7.76. The van der Waals surface area contributed by atoms with Gasteiger partial charge in [0.1, 0.15) is 0 Å². The Labute approximate surface area is 146 Å². The van der Waals surface area contributed by atoms with Crippen molar-refractivity contribution in [3.63, 3.8) is 0 Å². The highest BCUT2D eigenvalue weighted by Crippen LogP contribution is 2.23. The number of hydrogen-bond acceptors (Lipinski definition) is 3. The monoisotopic (exact) mass is 354 g/mol. The molecular weight excluding hydrogens is 332 g/mol. The summed E-state index contributed by atoms with van der Waals surface area (Å²) in [5.74, 6) is -1.70. The number of carboxylic acid groups (broad SMARTS) is 1. The van der Waals surface area contributed by atoms with Gasteiger partial charge in [-0.15, -0.1) is 0 Å². The van der Waals surface area contributed by atoms with Crippen molar-refractivity contribution < 1.29 is 19.5 Å². The summed E-state index contributed by atoms with van der Waals surface area (Å²) in [6.07, 6.45) is -0.148. The van der Waals surface area contributed by atoms with Crippen LogP contribution in [0.4, 0.5) is 5.69 Å². The Kier molecular flexibility index (Phi) is 7.22. The van der Waals surface area contributed by atoms with Crippen molar-refractivity contribution >= 4 is 35.1 Å². The Bertz CT molecular complexity index is 629. The summed E-state index contributed by atoms with van der Waals surface area (Å²) in [7, 11) is 0. The van der Waals surface area contributed by atoms with Crippen LogP contribution in [0.15, 0.2) is 18.2 Å². The second-order valence-corrected chi connectivity index (χ2v) is 6.48. The van der Waals surface area contributed by atoms with Crippen molar-refractivity contribution in [2.45, 2.75) is 40.2 Å². The molecule has 132 valence electrons. The molecule has 0 saturated heterocycles. The maximum absolute atomic E-state index is 12.7. The lowest BCUT2D eigenvalue weighted by Crippen LogP contribution is -2.38. The summed E-state index contributed by atoms with van der Waals surface area (Å²) in [6, 6.07) is 4.50. The molecule has 0 unspecified atom stereocenters. The van der Waals surface area contributed by atoms with Gasteiger partial charge < -0.3 is 15.3 Å². The van der Waals surface area contributed by atoms with Gasteiger partial charge in [0.15, 0.2) is 0 Å². The normalized spacial score (nSPS) is 10.8. The van der Waals surface area contributed by atoms with Crippen LogP contribution in [0.3, 0.4) is 0 Å². The van der Waals surface area contributed by atoms with Gasteiger partial charge in [0.25, 0.3) is 5.91 Å². The lowest BCUT2D eigenvalue weighted by molar-refractivity contribution is -0.137. The van der Waals surface area contributed by atoms with Crippen molar-refractivity contribution in [2.75, 3.05) is 11.9 Å². The summed E-state index contributed by atoms with van der Waals surface area (Å²) < 4.78 is 0. The van der Waals surface area contributed by atoms with Crippen LogP contribution < -0.4 is 5.32 Å². The molecule has 1 rings (SSSR count). The summed E-state index contributed by atoms with van der Waals surface area (Å²) in [5.41, 5.74) is 0.709. The van der Waals surface area contributed by atoms with Crippen molar-refractivity contribution in [3.05, 3.63) is 28.8 Å². The predicted molar refractivity (Wildman–Crippen MR) is 93.3 cm³/mol. The Morgan fingerprint density at radius 1 is 1.21 bits per heavy atom. The number of aliphatic carboxylic acids is 1. The zero-order chi connectivity index (χ0) is 18.4. The third-order valence-electron chi connectivity index (χ3n) is 3.44. The number of carbonyl (C=O) groups is 3. The number of carbonyl (C=O) groups excluding carboxylic acids is 2. The molecule has 1 aromatic carbocycles. The van der Waals surface area contributed by atoms with Gasteiger partial charge in [-0.25, -0.2) is 0 Å². The van der Waals surface area contributed by atoms with Gasteiger partial charge in [0, 0.05) is 24.2 Å². The fourth-order valence-electron chi connectivity index (χ4n) is 2.02. The number of hydrogen-bond donors (Lipinski definition) is 2. The van der Waals surface area contributed by atoms with Crippen LogP contribution in [0.1, 0.15) is 44.5 Å². The molecule has 0 aliphatic heterocycles. The van der Waals surface area contributed by atoms with E-state index < -0.39 is 5.97 Å². The molecule has 6 nitrogen and oxygen atoms in total. The van der Waals surface area contributed by atoms with E-state index in [-0.39, 0.29) is 47.3 Å². The van der Waals surface area contributed by atoms with Gasteiger partial charge in [0.2, 0.25) is 5.91 Å². The van der Waals surface area contributed by atoms with Crippen molar-refractivity contribution in [1.29, 1.82) is 0 Å². The number of halogens is 1. The molecule has 0 bridgehead atoms. The van der Waals surface area contributed by atoms with Gasteiger partial charge in [0.05, 0.1) is 17.0 Å².